The molecule has 3 N–H and O–H groups in total. The molecule has 21 heavy (non-hydrogen) atoms. The van der Waals surface area contributed by atoms with E-state index >= 15 is 0 Å². The van der Waals surface area contributed by atoms with Gasteiger partial charge in [0.2, 0.25) is 10.0 Å². The Balaban J connectivity index is 3.34. The van der Waals surface area contributed by atoms with Crippen LogP contribution in [0.1, 0.15) is 31.9 Å². The molecule has 0 aliphatic heterocycles. The number of carboxylic acid groups (broad SMARTS) is 1. The summed E-state index contributed by atoms with van der Waals surface area (Å²) < 4.78 is 27.1. The van der Waals surface area contributed by atoms with Crippen molar-refractivity contribution in [2.75, 3.05) is 0 Å². The Morgan fingerprint density at radius 3 is 2.05 bits per heavy atom. The van der Waals surface area contributed by atoms with Crippen LogP contribution in [0.15, 0.2) is 23.1 Å². The largest absolute Gasteiger partial charge is 0.480 e. The van der Waals surface area contributed by atoms with Crippen LogP contribution in [0.25, 0.3) is 0 Å². The zero-order chi connectivity index (χ0) is 16.2. The second-order valence-corrected chi connectivity index (χ2v) is 6.44. The van der Waals surface area contributed by atoms with Crippen molar-refractivity contribution in [3.8, 4) is 0 Å². The Bertz CT molecular complexity index is 588. The van der Waals surface area contributed by atoms with E-state index in [0.717, 1.165) is 0 Å². The van der Waals surface area contributed by atoms with Crippen molar-refractivity contribution >= 4 is 16.0 Å². The molecule has 0 saturated heterocycles. The van der Waals surface area contributed by atoms with Crippen molar-refractivity contribution in [3.63, 3.8) is 0 Å². The summed E-state index contributed by atoms with van der Waals surface area (Å²) in [5, 5.41) is 18.5. The quantitative estimate of drug-likeness (QED) is 0.694. The first kappa shape index (κ1) is 17.6. The van der Waals surface area contributed by atoms with Crippen LogP contribution in [-0.4, -0.2) is 36.7 Å². The van der Waals surface area contributed by atoms with E-state index in [1.165, 1.54) is 6.92 Å². The van der Waals surface area contributed by atoms with Gasteiger partial charge in [-0.1, -0.05) is 32.0 Å². The van der Waals surface area contributed by atoms with Crippen LogP contribution in [0.2, 0.25) is 0 Å². The lowest BCUT2D eigenvalue weighted by Gasteiger charge is -2.20. The molecule has 0 heterocycles. The molecular formula is C14H21NO5S. The van der Waals surface area contributed by atoms with E-state index in [1.54, 1.807) is 18.2 Å². The van der Waals surface area contributed by atoms with E-state index in [1.807, 2.05) is 13.8 Å². The first-order chi connectivity index (χ1) is 9.74. The summed E-state index contributed by atoms with van der Waals surface area (Å²) in [6.07, 6.45) is -0.316. The van der Waals surface area contributed by atoms with Crippen LogP contribution in [-0.2, 0) is 27.7 Å². The first-order valence-corrected chi connectivity index (χ1v) is 8.26. The monoisotopic (exact) mass is 315 g/mol. The number of sulfonamides is 1. The number of benzene rings is 1. The Hall–Kier alpha value is -1.44. The van der Waals surface area contributed by atoms with E-state index < -0.39 is 28.1 Å². The van der Waals surface area contributed by atoms with Gasteiger partial charge in [0.15, 0.2) is 0 Å². The van der Waals surface area contributed by atoms with E-state index in [4.69, 9.17) is 5.11 Å². The topological polar surface area (TPSA) is 104 Å². The van der Waals surface area contributed by atoms with Gasteiger partial charge in [0.25, 0.3) is 0 Å². The van der Waals surface area contributed by atoms with E-state index in [9.17, 15) is 18.3 Å². The molecule has 0 fully saturated rings. The molecule has 1 aromatic carbocycles. The lowest BCUT2D eigenvalue weighted by atomic mass is 10.1. The fourth-order valence-corrected chi connectivity index (χ4v) is 3.99. The van der Waals surface area contributed by atoms with E-state index in [2.05, 4.69) is 4.72 Å². The highest BCUT2D eigenvalue weighted by molar-refractivity contribution is 7.89. The molecule has 118 valence electrons. The van der Waals surface area contributed by atoms with Crippen LogP contribution in [0.5, 0.6) is 0 Å². The lowest BCUT2D eigenvalue weighted by molar-refractivity contribution is -0.141. The van der Waals surface area contributed by atoms with Gasteiger partial charge in [0, 0.05) is 0 Å². The number of aliphatic hydroxyl groups is 1. The van der Waals surface area contributed by atoms with Gasteiger partial charge in [0.1, 0.15) is 6.04 Å². The van der Waals surface area contributed by atoms with Crippen molar-refractivity contribution in [1.29, 1.82) is 0 Å². The highest BCUT2D eigenvalue weighted by Gasteiger charge is 2.31. The van der Waals surface area contributed by atoms with E-state index in [0.29, 0.717) is 24.0 Å². The molecule has 1 rings (SSSR count). The summed E-state index contributed by atoms with van der Waals surface area (Å²) >= 11 is 0. The van der Waals surface area contributed by atoms with Crippen molar-refractivity contribution in [2.24, 2.45) is 0 Å². The lowest BCUT2D eigenvalue weighted by Crippen LogP contribution is -2.47. The third-order valence-electron chi connectivity index (χ3n) is 3.24. The van der Waals surface area contributed by atoms with E-state index in [-0.39, 0.29) is 4.90 Å². The number of nitrogens with one attached hydrogen (secondary N) is 1. The zero-order valence-electron chi connectivity index (χ0n) is 12.3. The smallest absolute Gasteiger partial charge is 0.324 e. The van der Waals surface area contributed by atoms with Gasteiger partial charge >= 0.3 is 5.97 Å². The molecule has 0 bridgehead atoms. The summed E-state index contributed by atoms with van der Waals surface area (Å²) in [6.45, 7) is 4.89. The molecule has 0 aliphatic carbocycles. The predicted molar refractivity (Wildman–Crippen MR) is 78.6 cm³/mol. The Morgan fingerprint density at radius 2 is 1.71 bits per heavy atom. The first-order valence-electron chi connectivity index (χ1n) is 6.78. The molecule has 6 nitrogen and oxygen atoms in total. The minimum Gasteiger partial charge on any atom is -0.480 e. The third-order valence-corrected chi connectivity index (χ3v) is 4.87. The van der Waals surface area contributed by atoms with Crippen molar-refractivity contribution in [1.82, 2.24) is 4.72 Å². The molecule has 7 heteroatoms. The molecule has 0 spiro atoms. The van der Waals surface area contributed by atoms with Gasteiger partial charge in [0.05, 0.1) is 11.0 Å². The van der Waals surface area contributed by atoms with Gasteiger partial charge < -0.3 is 10.2 Å². The molecular weight excluding hydrogens is 294 g/mol. The number of aryl methyl sites for hydroxylation is 2. The van der Waals surface area contributed by atoms with Crippen molar-refractivity contribution in [2.45, 2.75) is 50.7 Å². The standard InChI is InChI=1S/C14H21NO5S/c1-4-10-7-6-8-11(5-2)13(10)21(19,20)15-12(9(3)16)14(17)18/h6-9,12,15-16H,4-5H2,1-3H3,(H,17,18)/t9-,12-/m0/s1. The van der Waals surface area contributed by atoms with Gasteiger partial charge in [-0.3, -0.25) is 4.79 Å². The van der Waals surface area contributed by atoms with Crippen LogP contribution in [0.4, 0.5) is 0 Å². The number of aliphatic carboxylic acids is 1. The summed E-state index contributed by atoms with van der Waals surface area (Å²) in [5.74, 6) is -1.42. The second kappa shape index (κ2) is 7.02. The fourth-order valence-electron chi connectivity index (χ4n) is 2.12. The molecule has 2 atom stereocenters. The average molecular weight is 315 g/mol. The SMILES string of the molecule is CCc1cccc(CC)c1S(=O)(=O)N[C@H](C(=O)O)[C@H](C)O. The zero-order valence-corrected chi connectivity index (χ0v) is 13.1. The number of carboxylic acids is 1. The third kappa shape index (κ3) is 4.03. The Labute approximate surface area is 124 Å². The molecule has 0 saturated carbocycles. The fraction of sp³-hybridized carbons (Fsp3) is 0.500. The summed E-state index contributed by atoms with van der Waals surface area (Å²) in [5.41, 5.74) is 1.24. The highest BCUT2D eigenvalue weighted by Crippen LogP contribution is 2.22. The van der Waals surface area contributed by atoms with Crippen LogP contribution in [0, 0.1) is 0 Å². The van der Waals surface area contributed by atoms with Crippen LogP contribution < -0.4 is 4.72 Å². The number of hydrogen-bond acceptors (Lipinski definition) is 4. The number of rotatable bonds is 7. The predicted octanol–water partition coefficient (Wildman–Crippen LogP) is 0.924. The van der Waals surface area contributed by atoms with Crippen molar-refractivity contribution < 1.29 is 23.4 Å². The molecule has 0 aliphatic rings. The number of hydrogen-bond donors (Lipinski definition) is 3. The molecule has 0 unspecified atom stereocenters. The van der Waals surface area contributed by atoms with Gasteiger partial charge in [-0.15, -0.1) is 0 Å². The van der Waals surface area contributed by atoms with Gasteiger partial charge in [-0.2, -0.15) is 4.72 Å². The summed E-state index contributed by atoms with van der Waals surface area (Å²) in [7, 11) is -4.03. The maximum Gasteiger partial charge on any atom is 0.324 e. The minimum atomic E-state index is -4.03. The minimum absolute atomic E-state index is 0.113. The van der Waals surface area contributed by atoms with Crippen LogP contribution in [0.3, 0.4) is 0 Å². The number of aliphatic hydroxyl groups excluding tert-OH is 1. The summed E-state index contributed by atoms with van der Waals surface area (Å²) in [4.78, 5) is 11.2. The number of carbonyl (C=O) groups is 1. The second-order valence-electron chi connectivity index (χ2n) is 4.79. The molecule has 0 radical (unpaired) electrons. The summed E-state index contributed by atoms with van der Waals surface area (Å²) in [6, 6.07) is 3.60. The maximum absolute atomic E-state index is 12.5. The normalized spacial score (nSPS) is 14.7. The van der Waals surface area contributed by atoms with Gasteiger partial charge in [-0.25, -0.2) is 8.42 Å². The molecule has 0 amide bonds. The Morgan fingerprint density at radius 1 is 1.24 bits per heavy atom. The highest BCUT2D eigenvalue weighted by atomic mass is 32.2. The van der Waals surface area contributed by atoms with Crippen LogP contribution >= 0.6 is 0 Å². The Kier molecular flexibility index (Phi) is 5.88. The average Bonchev–Trinajstić information content (AvgIpc) is 2.43. The molecule has 1 aromatic rings. The van der Waals surface area contributed by atoms with Crippen molar-refractivity contribution in [3.05, 3.63) is 29.3 Å². The van der Waals surface area contributed by atoms with Gasteiger partial charge in [-0.05, 0) is 30.9 Å². The molecule has 0 aromatic heterocycles. The maximum atomic E-state index is 12.5.